The van der Waals surface area contributed by atoms with Crippen LogP contribution >= 0.6 is 0 Å². The molecule has 7 nitrogen and oxygen atoms in total. The number of hydrogen-bond donors (Lipinski definition) is 4. The van der Waals surface area contributed by atoms with Gasteiger partial charge in [-0.3, -0.25) is 19.6 Å². The standard InChI is InChI=1S/C12H15N3O4/c1-2-10(16)14-9-5-3-8(4-6-9)12(18)13-7-11(17)15-19/h3-6,19H,2,7H2,1H3,(H,13,18)(H,14,16)(H,15,17). The highest BCUT2D eigenvalue weighted by atomic mass is 16.5. The van der Waals surface area contributed by atoms with Crippen molar-refractivity contribution in [2.75, 3.05) is 11.9 Å². The van der Waals surface area contributed by atoms with Crippen LogP contribution in [0.1, 0.15) is 23.7 Å². The Bertz CT molecular complexity index is 470. The number of hydrogen-bond acceptors (Lipinski definition) is 4. The highest BCUT2D eigenvalue weighted by Crippen LogP contribution is 2.09. The Morgan fingerprint density at radius 1 is 1.11 bits per heavy atom. The van der Waals surface area contributed by atoms with Gasteiger partial charge in [-0.1, -0.05) is 6.92 Å². The lowest BCUT2D eigenvalue weighted by Crippen LogP contribution is -2.35. The van der Waals surface area contributed by atoms with Gasteiger partial charge in [0.1, 0.15) is 0 Å². The molecule has 0 radical (unpaired) electrons. The third-order valence-electron chi connectivity index (χ3n) is 2.29. The largest absolute Gasteiger partial charge is 0.343 e. The van der Waals surface area contributed by atoms with Gasteiger partial charge < -0.3 is 10.6 Å². The molecule has 102 valence electrons. The van der Waals surface area contributed by atoms with Crippen LogP contribution in [0.5, 0.6) is 0 Å². The highest BCUT2D eigenvalue weighted by molar-refractivity contribution is 5.97. The Morgan fingerprint density at radius 3 is 2.26 bits per heavy atom. The summed E-state index contributed by atoms with van der Waals surface area (Å²) < 4.78 is 0. The van der Waals surface area contributed by atoms with Crippen LogP contribution in [-0.2, 0) is 9.59 Å². The highest BCUT2D eigenvalue weighted by Gasteiger charge is 2.07. The Morgan fingerprint density at radius 2 is 1.74 bits per heavy atom. The molecule has 1 rings (SSSR count). The van der Waals surface area contributed by atoms with Crippen LogP contribution in [0.2, 0.25) is 0 Å². The van der Waals surface area contributed by atoms with E-state index in [1.54, 1.807) is 19.1 Å². The molecule has 19 heavy (non-hydrogen) atoms. The minimum Gasteiger partial charge on any atom is -0.343 e. The van der Waals surface area contributed by atoms with E-state index < -0.39 is 11.8 Å². The molecule has 4 N–H and O–H groups in total. The van der Waals surface area contributed by atoms with Crippen molar-refractivity contribution < 1.29 is 19.6 Å². The maximum absolute atomic E-state index is 11.6. The predicted molar refractivity (Wildman–Crippen MR) is 67.6 cm³/mol. The van der Waals surface area contributed by atoms with Crippen LogP contribution in [0.4, 0.5) is 5.69 Å². The number of amides is 3. The SMILES string of the molecule is CCC(=O)Nc1ccc(C(=O)NCC(=O)NO)cc1. The molecule has 0 aromatic heterocycles. The Kier molecular flexibility index (Phi) is 5.49. The van der Waals surface area contributed by atoms with Crippen molar-refractivity contribution in [2.24, 2.45) is 0 Å². The molecular weight excluding hydrogens is 250 g/mol. The normalized spacial score (nSPS) is 9.58. The summed E-state index contributed by atoms with van der Waals surface area (Å²) in [5.74, 6) is -1.27. The van der Waals surface area contributed by atoms with E-state index in [4.69, 9.17) is 5.21 Å². The summed E-state index contributed by atoms with van der Waals surface area (Å²) in [6.45, 7) is 1.42. The van der Waals surface area contributed by atoms with Gasteiger partial charge in [-0.15, -0.1) is 0 Å². The molecular formula is C12H15N3O4. The number of carbonyl (C=O) groups is 3. The summed E-state index contributed by atoms with van der Waals surface area (Å²) in [5, 5.41) is 13.2. The third-order valence-corrected chi connectivity index (χ3v) is 2.29. The maximum atomic E-state index is 11.6. The number of hydroxylamine groups is 1. The second kappa shape index (κ2) is 7.12. The van der Waals surface area contributed by atoms with Gasteiger partial charge in [0.15, 0.2) is 0 Å². The number of nitrogens with one attached hydrogen (secondary N) is 3. The summed E-state index contributed by atoms with van der Waals surface area (Å²) in [7, 11) is 0. The quantitative estimate of drug-likeness (QED) is 0.452. The van der Waals surface area contributed by atoms with Crippen LogP contribution in [0.3, 0.4) is 0 Å². The topological polar surface area (TPSA) is 108 Å². The van der Waals surface area contributed by atoms with Crippen molar-refractivity contribution in [1.29, 1.82) is 0 Å². The minimum absolute atomic E-state index is 0.114. The first-order chi connectivity index (χ1) is 9.06. The van der Waals surface area contributed by atoms with Gasteiger partial charge in [-0.2, -0.15) is 0 Å². The zero-order valence-corrected chi connectivity index (χ0v) is 10.4. The molecule has 0 saturated carbocycles. The predicted octanol–water partition coefficient (Wildman–Crippen LogP) is 0.270. The zero-order chi connectivity index (χ0) is 14.3. The van der Waals surface area contributed by atoms with E-state index in [2.05, 4.69) is 10.6 Å². The number of anilines is 1. The molecule has 1 aromatic carbocycles. The van der Waals surface area contributed by atoms with Crippen molar-refractivity contribution in [1.82, 2.24) is 10.8 Å². The molecule has 0 spiro atoms. The molecule has 0 aliphatic rings. The average molecular weight is 265 g/mol. The molecule has 0 bridgehead atoms. The van der Waals surface area contributed by atoms with Gasteiger partial charge >= 0.3 is 0 Å². The average Bonchev–Trinajstić information content (AvgIpc) is 2.44. The van der Waals surface area contributed by atoms with E-state index >= 15 is 0 Å². The number of benzene rings is 1. The van der Waals surface area contributed by atoms with E-state index in [0.29, 0.717) is 17.7 Å². The summed E-state index contributed by atoms with van der Waals surface area (Å²) in [4.78, 5) is 33.5. The molecule has 0 aliphatic heterocycles. The Balaban J connectivity index is 2.58. The minimum atomic E-state index is -0.708. The van der Waals surface area contributed by atoms with Crippen LogP contribution in [-0.4, -0.2) is 29.5 Å². The molecule has 0 saturated heterocycles. The summed E-state index contributed by atoms with van der Waals surface area (Å²) in [5.41, 5.74) is 2.35. The van der Waals surface area contributed by atoms with Gasteiger partial charge in [-0.25, -0.2) is 5.48 Å². The Labute approximate surface area is 110 Å². The van der Waals surface area contributed by atoms with Crippen molar-refractivity contribution in [3.8, 4) is 0 Å². The number of rotatable bonds is 5. The summed E-state index contributed by atoms with van der Waals surface area (Å²) in [6, 6.07) is 6.23. The molecule has 1 aromatic rings. The van der Waals surface area contributed by atoms with E-state index in [1.165, 1.54) is 17.6 Å². The van der Waals surface area contributed by atoms with E-state index in [-0.39, 0.29) is 12.5 Å². The summed E-state index contributed by atoms with van der Waals surface area (Å²) in [6.07, 6.45) is 0.374. The van der Waals surface area contributed by atoms with Gasteiger partial charge in [0.25, 0.3) is 11.8 Å². The van der Waals surface area contributed by atoms with Gasteiger partial charge in [-0.05, 0) is 24.3 Å². The van der Waals surface area contributed by atoms with Gasteiger partial charge in [0.2, 0.25) is 5.91 Å². The first-order valence-corrected chi connectivity index (χ1v) is 5.68. The van der Waals surface area contributed by atoms with Crippen LogP contribution in [0.25, 0.3) is 0 Å². The fourth-order valence-corrected chi connectivity index (χ4v) is 1.26. The van der Waals surface area contributed by atoms with Crippen LogP contribution in [0, 0.1) is 0 Å². The lowest BCUT2D eigenvalue weighted by atomic mass is 10.2. The first kappa shape index (κ1) is 14.7. The molecule has 0 unspecified atom stereocenters. The monoisotopic (exact) mass is 265 g/mol. The summed E-state index contributed by atoms with van der Waals surface area (Å²) >= 11 is 0. The first-order valence-electron chi connectivity index (χ1n) is 5.68. The lowest BCUT2D eigenvalue weighted by Gasteiger charge is -2.06. The Hall–Kier alpha value is -2.41. The lowest BCUT2D eigenvalue weighted by molar-refractivity contribution is -0.128. The fraction of sp³-hybridized carbons (Fsp3) is 0.250. The molecule has 0 atom stereocenters. The molecule has 0 aliphatic carbocycles. The maximum Gasteiger partial charge on any atom is 0.262 e. The molecule has 7 heteroatoms. The second-order valence-electron chi connectivity index (χ2n) is 3.70. The fourth-order valence-electron chi connectivity index (χ4n) is 1.26. The molecule has 0 fully saturated rings. The van der Waals surface area contributed by atoms with E-state index in [9.17, 15) is 14.4 Å². The van der Waals surface area contributed by atoms with Gasteiger partial charge in [0, 0.05) is 17.7 Å². The van der Waals surface area contributed by atoms with Crippen molar-refractivity contribution in [3.05, 3.63) is 29.8 Å². The zero-order valence-electron chi connectivity index (χ0n) is 10.4. The van der Waals surface area contributed by atoms with Crippen molar-refractivity contribution in [2.45, 2.75) is 13.3 Å². The second-order valence-corrected chi connectivity index (χ2v) is 3.70. The molecule has 3 amide bonds. The van der Waals surface area contributed by atoms with Crippen molar-refractivity contribution in [3.63, 3.8) is 0 Å². The van der Waals surface area contributed by atoms with E-state index in [1.807, 2.05) is 0 Å². The molecule has 0 heterocycles. The smallest absolute Gasteiger partial charge is 0.262 e. The van der Waals surface area contributed by atoms with Crippen molar-refractivity contribution >= 4 is 23.4 Å². The third kappa shape index (κ3) is 4.76. The van der Waals surface area contributed by atoms with E-state index in [0.717, 1.165) is 0 Å². The number of carbonyl (C=O) groups excluding carboxylic acids is 3. The van der Waals surface area contributed by atoms with Gasteiger partial charge in [0.05, 0.1) is 6.54 Å². The van der Waals surface area contributed by atoms with Crippen LogP contribution < -0.4 is 16.1 Å². The van der Waals surface area contributed by atoms with Crippen LogP contribution in [0.15, 0.2) is 24.3 Å².